The fourth-order valence-corrected chi connectivity index (χ4v) is 2.22. The molecule has 0 aromatic heterocycles. The van der Waals surface area contributed by atoms with Crippen LogP contribution < -0.4 is 0 Å². The molecule has 1 aliphatic carbocycles. The second-order valence-corrected chi connectivity index (χ2v) is 4.14. The molecule has 64 valence electrons. The number of halogens is 2. The molecule has 0 unspecified atom stereocenters. The van der Waals surface area contributed by atoms with Crippen molar-refractivity contribution in [3.05, 3.63) is 34.3 Å². The van der Waals surface area contributed by atoms with E-state index in [-0.39, 0.29) is 0 Å². The average molecular weight is 229 g/mol. The van der Waals surface area contributed by atoms with Gasteiger partial charge in [-0.05, 0) is 30.4 Å². The molecule has 2 rings (SSSR count). The minimum Gasteiger partial charge on any atom is -0.247 e. The van der Waals surface area contributed by atoms with E-state index in [2.05, 4.69) is 22.0 Å². The summed E-state index contributed by atoms with van der Waals surface area (Å²) in [6.45, 7) is 0. The van der Waals surface area contributed by atoms with Crippen LogP contribution in [0.15, 0.2) is 28.7 Å². The first kappa shape index (κ1) is 8.24. The van der Waals surface area contributed by atoms with Gasteiger partial charge in [0.1, 0.15) is 6.17 Å². The van der Waals surface area contributed by atoms with Gasteiger partial charge in [-0.15, -0.1) is 0 Å². The normalized spacial score (nSPS) is 28.2. The van der Waals surface area contributed by atoms with Crippen LogP contribution in [0.4, 0.5) is 4.39 Å². The lowest BCUT2D eigenvalue weighted by molar-refractivity contribution is 0.179. The molecule has 0 atom stereocenters. The van der Waals surface area contributed by atoms with Crippen molar-refractivity contribution in [3.8, 4) is 0 Å². The van der Waals surface area contributed by atoms with Crippen molar-refractivity contribution >= 4 is 15.9 Å². The van der Waals surface area contributed by atoms with E-state index in [0.29, 0.717) is 18.8 Å². The third-order valence-electron chi connectivity index (χ3n) is 2.43. The summed E-state index contributed by atoms with van der Waals surface area (Å²) in [7, 11) is 0. The van der Waals surface area contributed by atoms with Crippen molar-refractivity contribution in [3.63, 3.8) is 0 Å². The highest BCUT2D eigenvalue weighted by Gasteiger charge is 2.30. The van der Waals surface area contributed by atoms with Crippen molar-refractivity contribution in [2.45, 2.75) is 24.9 Å². The molecule has 2 heteroatoms. The zero-order chi connectivity index (χ0) is 8.55. The van der Waals surface area contributed by atoms with Gasteiger partial charge in [-0.1, -0.05) is 34.1 Å². The van der Waals surface area contributed by atoms with E-state index in [1.165, 1.54) is 5.56 Å². The van der Waals surface area contributed by atoms with Gasteiger partial charge in [0.05, 0.1) is 0 Å². The fourth-order valence-electron chi connectivity index (χ4n) is 1.61. The van der Waals surface area contributed by atoms with Gasteiger partial charge >= 0.3 is 0 Å². The average Bonchev–Trinajstić information content (AvgIpc) is 2.01. The standard InChI is InChI=1S/C10H10BrF/c11-10-4-2-1-3-9(10)7-5-8(12)6-7/h1-4,7-8H,5-6H2. The van der Waals surface area contributed by atoms with Gasteiger partial charge in [0, 0.05) is 4.47 Å². The summed E-state index contributed by atoms with van der Waals surface area (Å²) in [5.74, 6) is 0.440. The summed E-state index contributed by atoms with van der Waals surface area (Å²) in [4.78, 5) is 0. The Bertz CT molecular complexity index is 279. The van der Waals surface area contributed by atoms with Crippen molar-refractivity contribution in [1.82, 2.24) is 0 Å². The number of hydrogen-bond acceptors (Lipinski definition) is 0. The number of rotatable bonds is 1. The first-order chi connectivity index (χ1) is 5.77. The first-order valence-corrected chi connectivity index (χ1v) is 4.95. The SMILES string of the molecule is FC1CC(c2ccccc2Br)C1. The van der Waals surface area contributed by atoms with E-state index in [0.717, 1.165) is 4.47 Å². The third kappa shape index (κ3) is 1.40. The lowest BCUT2D eigenvalue weighted by Crippen LogP contribution is -2.22. The molecular formula is C10H10BrF. The van der Waals surface area contributed by atoms with Crippen LogP contribution in [0.25, 0.3) is 0 Å². The molecule has 0 spiro atoms. The topological polar surface area (TPSA) is 0 Å². The molecular weight excluding hydrogens is 219 g/mol. The molecule has 0 amide bonds. The van der Waals surface area contributed by atoms with Gasteiger partial charge < -0.3 is 0 Å². The van der Waals surface area contributed by atoms with E-state index >= 15 is 0 Å². The quantitative estimate of drug-likeness (QED) is 0.689. The molecule has 0 N–H and O–H groups in total. The zero-order valence-corrected chi connectivity index (χ0v) is 8.22. The summed E-state index contributed by atoms with van der Waals surface area (Å²) in [5.41, 5.74) is 1.26. The molecule has 0 aliphatic heterocycles. The summed E-state index contributed by atoms with van der Waals surface area (Å²) >= 11 is 3.47. The maximum absolute atomic E-state index is 12.6. The van der Waals surface area contributed by atoms with E-state index < -0.39 is 6.17 Å². The van der Waals surface area contributed by atoms with Crippen LogP contribution in [0.3, 0.4) is 0 Å². The van der Waals surface area contributed by atoms with E-state index in [9.17, 15) is 4.39 Å². The second-order valence-electron chi connectivity index (χ2n) is 3.29. The maximum atomic E-state index is 12.6. The lowest BCUT2D eigenvalue weighted by atomic mass is 9.78. The molecule has 1 aliphatic rings. The van der Waals surface area contributed by atoms with E-state index in [1.54, 1.807) is 0 Å². The minimum atomic E-state index is -0.567. The van der Waals surface area contributed by atoms with Crippen molar-refractivity contribution in [2.75, 3.05) is 0 Å². The van der Waals surface area contributed by atoms with Gasteiger partial charge in [-0.3, -0.25) is 0 Å². The Labute approximate surface area is 79.9 Å². The third-order valence-corrected chi connectivity index (χ3v) is 3.15. The Morgan fingerprint density at radius 2 is 1.92 bits per heavy atom. The van der Waals surface area contributed by atoms with E-state index in [4.69, 9.17) is 0 Å². The molecule has 0 heterocycles. The Balaban J connectivity index is 2.18. The lowest BCUT2D eigenvalue weighted by Gasteiger charge is -2.30. The highest BCUT2D eigenvalue weighted by Crippen LogP contribution is 2.41. The van der Waals surface area contributed by atoms with Crippen LogP contribution in [-0.2, 0) is 0 Å². The Hall–Kier alpha value is -0.370. The monoisotopic (exact) mass is 228 g/mol. The van der Waals surface area contributed by atoms with Crippen LogP contribution in [0.1, 0.15) is 24.3 Å². The van der Waals surface area contributed by atoms with Crippen LogP contribution in [-0.4, -0.2) is 6.17 Å². The van der Waals surface area contributed by atoms with Gasteiger partial charge in [-0.2, -0.15) is 0 Å². The van der Waals surface area contributed by atoms with Crippen molar-refractivity contribution in [1.29, 1.82) is 0 Å². The van der Waals surface area contributed by atoms with Gasteiger partial charge in [-0.25, -0.2) is 4.39 Å². The summed E-state index contributed by atoms with van der Waals surface area (Å²) in [6.07, 6.45) is 0.827. The first-order valence-electron chi connectivity index (χ1n) is 4.16. The number of benzene rings is 1. The summed E-state index contributed by atoms with van der Waals surface area (Å²) < 4.78 is 13.7. The number of alkyl halides is 1. The molecule has 12 heavy (non-hydrogen) atoms. The highest BCUT2D eigenvalue weighted by atomic mass is 79.9. The van der Waals surface area contributed by atoms with Gasteiger partial charge in [0.25, 0.3) is 0 Å². The van der Waals surface area contributed by atoms with Crippen LogP contribution in [0.2, 0.25) is 0 Å². The summed E-state index contributed by atoms with van der Waals surface area (Å²) in [6, 6.07) is 8.08. The van der Waals surface area contributed by atoms with Crippen molar-refractivity contribution < 1.29 is 4.39 Å². The van der Waals surface area contributed by atoms with Crippen LogP contribution in [0.5, 0.6) is 0 Å². The predicted molar refractivity (Wildman–Crippen MR) is 51.0 cm³/mol. The zero-order valence-electron chi connectivity index (χ0n) is 6.63. The van der Waals surface area contributed by atoms with Crippen LogP contribution >= 0.6 is 15.9 Å². The van der Waals surface area contributed by atoms with Crippen molar-refractivity contribution in [2.24, 2.45) is 0 Å². The molecule has 0 bridgehead atoms. The Morgan fingerprint density at radius 3 is 2.50 bits per heavy atom. The Morgan fingerprint density at radius 1 is 1.25 bits per heavy atom. The van der Waals surface area contributed by atoms with Crippen LogP contribution in [0, 0.1) is 0 Å². The molecule has 0 saturated heterocycles. The molecule has 1 aromatic rings. The second kappa shape index (κ2) is 3.17. The number of hydrogen-bond donors (Lipinski definition) is 0. The Kier molecular flexibility index (Phi) is 2.18. The molecule has 0 nitrogen and oxygen atoms in total. The van der Waals surface area contributed by atoms with Gasteiger partial charge in [0.15, 0.2) is 0 Å². The fraction of sp³-hybridized carbons (Fsp3) is 0.400. The van der Waals surface area contributed by atoms with Gasteiger partial charge in [0.2, 0.25) is 0 Å². The summed E-state index contributed by atoms with van der Waals surface area (Å²) in [5, 5.41) is 0. The minimum absolute atomic E-state index is 0.440. The molecule has 1 aromatic carbocycles. The highest BCUT2D eigenvalue weighted by molar-refractivity contribution is 9.10. The molecule has 1 saturated carbocycles. The maximum Gasteiger partial charge on any atom is 0.101 e. The largest absolute Gasteiger partial charge is 0.247 e. The van der Waals surface area contributed by atoms with E-state index in [1.807, 2.05) is 18.2 Å². The predicted octanol–water partition coefficient (Wildman–Crippen LogP) is 3.66. The smallest absolute Gasteiger partial charge is 0.101 e. The molecule has 1 fully saturated rings. The molecule has 0 radical (unpaired) electrons.